The lowest BCUT2D eigenvalue weighted by atomic mass is 10.0. The van der Waals surface area contributed by atoms with Gasteiger partial charge in [0, 0.05) is 16.9 Å². The summed E-state index contributed by atoms with van der Waals surface area (Å²) in [5.41, 5.74) is 6.39. The number of halogens is 1. The molecule has 1 aliphatic heterocycles. The topological polar surface area (TPSA) is 78.5 Å². The number of carbonyl (C=O) groups is 3. The Labute approximate surface area is 209 Å². The third-order valence-electron chi connectivity index (χ3n) is 5.97. The molecule has 6 nitrogen and oxygen atoms in total. The van der Waals surface area contributed by atoms with Crippen molar-refractivity contribution in [1.82, 2.24) is 4.90 Å². The van der Waals surface area contributed by atoms with Gasteiger partial charge in [-0.25, -0.2) is 0 Å². The van der Waals surface area contributed by atoms with Crippen LogP contribution in [0.1, 0.15) is 38.2 Å². The lowest BCUT2D eigenvalue weighted by Gasteiger charge is -2.16. The molecule has 35 heavy (non-hydrogen) atoms. The maximum absolute atomic E-state index is 13.0. The molecule has 0 spiro atoms. The van der Waals surface area contributed by atoms with Crippen molar-refractivity contribution in [3.8, 4) is 0 Å². The summed E-state index contributed by atoms with van der Waals surface area (Å²) in [5, 5.41) is 5.81. The molecule has 1 aliphatic rings. The first kappa shape index (κ1) is 24.2. The summed E-state index contributed by atoms with van der Waals surface area (Å²) < 4.78 is 0. The van der Waals surface area contributed by atoms with E-state index in [-0.39, 0.29) is 23.2 Å². The molecule has 0 aromatic heterocycles. The summed E-state index contributed by atoms with van der Waals surface area (Å²) >= 11 is 6.27. The van der Waals surface area contributed by atoms with Gasteiger partial charge in [0.25, 0.3) is 17.7 Å². The number of hydrogen-bond donors (Lipinski definition) is 2. The minimum absolute atomic E-state index is 0.00141. The van der Waals surface area contributed by atoms with Gasteiger partial charge < -0.3 is 10.6 Å². The van der Waals surface area contributed by atoms with Crippen molar-refractivity contribution in [2.45, 2.75) is 34.2 Å². The average molecular weight is 488 g/mol. The highest BCUT2D eigenvalue weighted by molar-refractivity contribution is 6.48. The summed E-state index contributed by atoms with van der Waals surface area (Å²) in [7, 11) is 0. The highest BCUT2D eigenvalue weighted by Crippen LogP contribution is 2.29. The normalized spacial score (nSPS) is 13.5. The quantitative estimate of drug-likeness (QED) is 0.443. The molecular weight excluding hydrogens is 462 g/mol. The van der Waals surface area contributed by atoms with Crippen LogP contribution in [0.2, 0.25) is 0 Å². The summed E-state index contributed by atoms with van der Waals surface area (Å²) in [4.78, 5) is 39.9. The molecule has 3 amide bonds. The molecule has 3 aromatic rings. The molecule has 0 fully saturated rings. The minimum atomic E-state index is -0.556. The predicted octanol–water partition coefficient (Wildman–Crippen LogP) is 5.60. The van der Waals surface area contributed by atoms with Crippen LogP contribution in [0.3, 0.4) is 0 Å². The molecule has 0 saturated carbocycles. The molecule has 0 radical (unpaired) electrons. The second-order valence-electron chi connectivity index (χ2n) is 8.75. The van der Waals surface area contributed by atoms with E-state index in [1.165, 1.54) is 0 Å². The van der Waals surface area contributed by atoms with Crippen LogP contribution in [0, 0.1) is 27.7 Å². The van der Waals surface area contributed by atoms with Gasteiger partial charge in [-0.15, -0.1) is 0 Å². The van der Waals surface area contributed by atoms with Crippen LogP contribution in [0.25, 0.3) is 0 Å². The summed E-state index contributed by atoms with van der Waals surface area (Å²) in [6.45, 7) is 7.89. The molecule has 4 rings (SSSR count). The number of rotatable bonds is 6. The highest BCUT2D eigenvalue weighted by atomic mass is 35.5. The fourth-order valence-corrected chi connectivity index (χ4v) is 4.39. The molecule has 3 aromatic carbocycles. The fraction of sp³-hybridized carbons (Fsp3) is 0.179. The Morgan fingerprint density at radius 3 is 2.17 bits per heavy atom. The van der Waals surface area contributed by atoms with Gasteiger partial charge in [-0.2, -0.15) is 0 Å². The van der Waals surface area contributed by atoms with Crippen LogP contribution in [-0.4, -0.2) is 22.6 Å². The van der Waals surface area contributed by atoms with Crippen molar-refractivity contribution in [2.75, 3.05) is 10.6 Å². The van der Waals surface area contributed by atoms with Crippen LogP contribution in [-0.2, 0) is 16.1 Å². The maximum Gasteiger partial charge on any atom is 0.279 e. The fourth-order valence-electron chi connectivity index (χ4n) is 4.16. The largest absolute Gasteiger partial charge is 0.349 e. The Morgan fingerprint density at radius 1 is 0.857 bits per heavy atom. The van der Waals surface area contributed by atoms with Crippen LogP contribution >= 0.6 is 11.6 Å². The molecule has 7 heteroatoms. The van der Waals surface area contributed by atoms with E-state index in [1.54, 1.807) is 18.2 Å². The zero-order valence-corrected chi connectivity index (χ0v) is 20.8. The Morgan fingerprint density at radius 2 is 1.51 bits per heavy atom. The average Bonchev–Trinajstić information content (AvgIpc) is 3.01. The van der Waals surface area contributed by atoms with Gasteiger partial charge in [0.2, 0.25) is 0 Å². The second kappa shape index (κ2) is 9.76. The Kier molecular flexibility index (Phi) is 6.76. The van der Waals surface area contributed by atoms with E-state index in [0.29, 0.717) is 11.3 Å². The first-order valence-electron chi connectivity index (χ1n) is 11.2. The number of anilines is 2. The minimum Gasteiger partial charge on any atom is -0.349 e. The van der Waals surface area contributed by atoms with E-state index >= 15 is 0 Å². The van der Waals surface area contributed by atoms with Crippen LogP contribution in [0.5, 0.6) is 0 Å². The van der Waals surface area contributed by atoms with Crippen LogP contribution in [0.4, 0.5) is 11.4 Å². The van der Waals surface area contributed by atoms with E-state index in [9.17, 15) is 14.4 Å². The molecule has 0 bridgehead atoms. The van der Waals surface area contributed by atoms with E-state index in [0.717, 1.165) is 38.4 Å². The van der Waals surface area contributed by atoms with Crippen LogP contribution < -0.4 is 10.6 Å². The van der Waals surface area contributed by atoms with Gasteiger partial charge >= 0.3 is 0 Å². The van der Waals surface area contributed by atoms with Crippen LogP contribution in [0.15, 0.2) is 71.4 Å². The van der Waals surface area contributed by atoms with Gasteiger partial charge in [0.05, 0.1) is 6.54 Å². The highest BCUT2D eigenvalue weighted by Gasteiger charge is 2.38. The molecule has 0 saturated heterocycles. The van der Waals surface area contributed by atoms with Gasteiger partial charge in [0.1, 0.15) is 10.7 Å². The molecule has 178 valence electrons. The number of imide groups is 1. The smallest absolute Gasteiger partial charge is 0.279 e. The molecule has 0 atom stereocenters. The Hall–Kier alpha value is -3.90. The van der Waals surface area contributed by atoms with Gasteiger partial charge in [-0.05, 0) is 62.1 Å². The second-order valence-corrected chi connectivity index (χ2v) is 9.13. The van der Waals surface area contributed by atoms with Crippen molar-refractivity contribution < 1.29 is 14.4 Å². The Bertz CT molecular complexity index is 1360. The van der Waals surface area contributed by atoms with E-state index in [4.69, 9.17) is 11.6 Å². The van der Waals surface area contributed by atoms with Crippen molar-refractivity contribution in [2.24, 2.45) is 0 Å². The van der Waals surface area contributed by atoms with Crippen molar-refractivity contribution in [1.29, 1.82) is 0 Å². The van der Waals surface area contributed by atoms with Crippen molar-refractivity contribution in [3.05, 3.63) is 105 Å². The predicted molar refractivity (Wildman–Crippen MR) is 138 cm³/mol. The van der Waals surface area contributed by atoms with E-state index in [2.05, 4.69) is 10.6 Å². The number of nitrogens with zero attached hydrogens (tertiary/aromatic N) is 1. The molecular formula is C28H26ClN3O3. The van der Waals surface area contributed by atoms with Gasteiger partial charge in [0.15, 0.2) is 0 Å². The number of nitrogens with one attached hydrogen (secondary N) is 2. The number of hydrogen-bond acceptors (Lipinski definition) is 4. The SMILES string of the molecule is Cc1cc(C)c(NC(=O)c2ccc(C)c(NC3=C(Cl)C(=O)N(Cc4ccccc4)C3=O)c2)c(C)c1. The number of aryl methyl sites for hydroxylation is 4. The molecule has 0 unspecified atom stereocenters. The first-order chi connectivity index (χ1) is 16.7. The van der Waals surface area contributed by atoms with Crippen molar-refractivity contribution >= 4 is 40.7 Å². The molecule has 0 aliphatic carbocycles. The zero-order valence-electron chi connectivity index (χ0n) is 20.0. The summed E-state index contributed by atoms with van der Waals surface area (Å²) in [6, 6.07) is 18.4. The summed E-state index contributed by atoms with van der Waals surface area (Å²) in [6.07, 6.45) is 0. The standard InChI is InChI=1S/C28H26ClN3O3/c1-16-12-18(3)24(19(4)13-16)31-26(33)21-11-10-17(2)22(14-21)30-25-23(29)27(34)32(28(25)35)15-20-8-6-5-7-9-20/h5-14,30H,15H2,1-4H3,(H,31,33). The van der Waals surface area contributed by atoms with Crippen molar-refractivity contribution in [3.63, 3.8) is 0 Å². The molecule has 1 heterocycles. The zero-order chi connectivity index (χ0) is 25.3. The summed E-state index contributed by atoms with van der Waals surface area (Å²) in [5.74, 6) is -1.34. The van der Waals surface area contributed by atoms with Gasteiger partial charge in [-0.3, -0.25) is 19.3 Å². The monoisotopic (exact) mass is 487 g/mol. The number of benzene rings is 3. The number of amides is 3. The third-order valence-corrected chi connectivity index (χ3v) is 6.32. The number of carbonyl (C=O) groups excluding carboxylic acids is 3. The Balaban J connectivity index is 1.56. The lowest BCUT2D eigenvalue weighted by Crippen LogP contribution is -2.31. The molecule has 2 N–H and O–H groups in total. The third kappa shape index (κ3) is 4.98. The van der Waals surface area contributed by atoms with Gasteiger partial charge in [-0.1, -0.05) is 65.7 Å². The van der Waals surface area contributed by atoms with E-state index < -0.39 is 11.8 Å². The first-order valence-corrected chi connectivity index (χ1v) is 11.6. The maximum atomic E-state index is 13.0. The van der Waals surface area contributed by atoms with E-state index in [1.807, 2.05) is 70.2 Å². The lowest BCUT2D eigenvalue weighted by molar-refractivity contribution is -0.138.